The van der Waals surface area contributed by atoms with Gasteiger partial charge in [0.15, 0.2) is 0 Å². The predicted molar refractivity (Wildman–Crippen MR) is 91.3 cm³/mol. The van der Waals surface area contributed by atoms with Crippen LogP contribution in [0.1, 0.15) is 37.6 Å². The highest BCUT2D eigenvalue weighted by Gasteiger charge is 2.12. The molecular weight excluding hydrogens is 326 g/mol. The molecule has 0 aliphatic heterocycles. The first-order chi connectivity index (χ1) is 10.1. The van der Waals surface area contributed by atoms with Crippen molar-refractivity contribution in [2.75, 3.05) is 6.54 Å². The van der Waals surface area contributed by atoms with Crippen molar-refractivity contribution in [1.82, 2.24) is 9.78 Å². The minimum absolute atomic E-state index is 0.430. The Hall–Kier alpha value is -1.13. The average Bonchev–Trinajstić information content (AvgIpc) is 2.94. The number of hydrogen-bond donors (Lipinski definition) is 1. The molecule has 2 unspecified atom stereocenters. The van der Waals surface area contributed by atoms with E-state index in [9.17, 15) is 0 Å². The van der Waals surface area contributed by atoms with Crippen LogP contribution in [0, 0.1) is 5.92 Å². The second-order valence-electron chi connectivity index (χ2n) is 5.68. The van der Waals surface area contributed by atoms with Gasteiger partial charge < -0.3 is 5.73 Å². The Morgan fingerprint density at radius 1 is 1.29 bits per heavy atom. The number of rotatable bonds is 7. The summed E-state index contributed by atoms with van der Waals surface area (Å²) in [5.41, 5.74) is 8.41. The van der Waals surface area contributed by atoms with Crippen LogP contribution in [-0.4, -0.2) is 16.3 Å². The maximum Gasteiger partial charge on any atom is 0.0628 e. The van der Waals surface area contributed by atoms with Crippen molar-refractivity contribution >= 4 is 15.9 Å². The van der Waals surface area contributed by atoms with Crippen LogP contribution in [-0.2, 0) is 12.8 Å². The van der Waals surface area contributed by atoms with Gasteiger partial charge in [0, 0.05) is 16.7 Å². The van der Waals surface area contributed by atoms with Crippen LogP contribution >= 0.6 is 15.9 Å². The van der Waals surface area contributed by atoms with Crippen LogP contribution in [0.15, 0.2) is 41.0 Å². The molecule has 0 bridgehead atoms. The van der Waals surface area contributed by atoms with E-state index in [1.165, 1.54) is 5.56 Å². The Labute approximate surface area is 135 Å². The highest BCUT2D eigenvalue weighted by atomic mass is 79.9. The summed E-state index contributed by atoms with van der Waals surface area (Å²) >= 11 is 3.52. The van der Waals surface area contributed by atoms with Crippen molar-refractivity contribution in [2.24, 2.45) is 11.7 Å². The van der Waals surface area contributed by atoms with Gasteiger partial charge in [0.2, 0.25) is 0 Å². The number of nitrogens with zero attached hydrogens (tertiary/aromatic N) is 2. The van der Waals surface area contributed by atoms with Gasteiger partial charge in [0.1, 0.15) is 0 Å². The summed E-state index contributed by atoms with van der Waals surface area (Å²) in [6.45, 7) is 5.06. The minimum Gasteiger partial charge on any atom is -0.330 e. The van der Waals surface area contributed by atoms with Gasteiger partial charge in [-0.3, -0.25) is 4.68 Å². The lowest BCUT2D eigenvalue weighted by molar-refractivity contribution is 0.463. The Morgan fingerprint density at radius 2 is 2.10 bits per heavy atom. The molecule has 21 heavy (non-hydrogen) atoms. The molecule has 1 aromatic heterocycles. The Bertz CT molecular complexity index is 565. The lowest BCUT2D eigenvalue weighted by atomic mass is 9.95. The molecule has 0 radical (unpaired) electrons. The van der Waals surface area contributed by atoms with Crippen LogP contribution in [0.25, 0.3) is 0 Å². The molecule has 2 N–H and O–H groups in total. The summed E-state index contributed by atoms with van der Waals surface area (Å²) in [5.74, 6) is 0.430. The first-order valence-corrected chi connectivity index (χ1v) is 8.40. The van der Waals surface area contributed by atoms with Crippen LogP contribution in [0.5, 0.6) is 0 Å². The van der Waals surface area contributed by atoms with Gasteiger partial charge in [0.25, 0.3) is 0 Å². The first-order valence-electron chi connectivity index (χ1n) is 7.61. The molecule has 4 heteroatoms. The van der Waals surface area contributed by atoms with Crippen LogP contribution in [0.3, 0.4) is 0 Å². The molecule has 0 aliphatic carbocycles. The fourth-order valence-corrected chi connectivity index (χ4v) is 2.90. The fraction of sp³-hybridized carbons (Fsp3) is 0.471. The quantitative estimate of drug-likeness (QED) is 0.821. The molecule has 114 valence electrons. The van der Waals surface area contributed by atoms with Gasteiger partial charge in [-0.2, -0.15) is 5.10 Å². The summed E-state index contributed by atoms with van der Waals surface area (Å²) in [5, 5.41) is 4.68. The van der Waals surface area contributed by atoms with E-state index >= 15 is 0 Å². The lowest BCUT2D eigenvalue weighted by Crippen LogP contribution is -2.20. The molecule has 2 rings (SSSR count). The second-order valence-corrected chi connectivity index (χ2v) is 6.60. The van der Waals surface area contributed by atoms with Gasteiger partial charge in [0.05, 0.1) is 5.69 Å². The van der Waals surface area contributed by atoms with Crippen molar-refractivity contribution in [2.45, 2.75) is 39.2 Å². The van der Waals surface area contributed by atoms with Gasteiger partial charge in [-0.05, 0) is 62.4 Å². The van der Waals surface area contributed by atoms with E-state index in [4.69, 9.17) is 5.73 Å². The van der Waals surface area contributed by atoms with E-state index in [2.05, 4.69) is 76.1 Å². The summed E-state index contributed by atoms with van der Waals surface area (Å²) in [7, 11) is 0. The number of nitrogens with two attached hydrogens (primary N) is 1. The van der Waals surface area contributed by atoms with E-state index in [1.54, 1.807) is 0 Å². The predicted octanol–water partition coefficient (Wildman–Crippen LogP) is 3.98. The van der Waals surface area contributed by atoms with E-state index in [1.807, 2.05) is 0 Å². The second kappa shape index (κ2) is 7.76. The summed E-state index contributed by atoms with van der Waals surface area (Å²) < 4.78 is 3.18. The molecule has 0 saturated heterocycles. The Kier molecular flexibility index (Phi) is 6.00. The molecule has 2 aromatic rings. The Balaban J connectivity index is 2.00. The largest absolute Gasteiger partial charge is 0.330 e. The molecular formula is C17H24BrN3. The summed E-state index contributed by atoms with van der Waals surface area (Å²) in [6, 6.07) is 11.0. The Morgan fingerprint density at radius 3 is 2.76 bits per heavy atom. The first kappa shape index (κ1) is 16.2. The average molecular weight is 350 g/mol. The van der Waals surface area contributed by atoms with Crippen LogP contribution in [0.4, 0.5) is 0 Å². The zero-order valence-corrected chi connectivity index (χ0v) is 14.4. The SMILES string of the molecule is CCC(C)n1ccc(CC(CN)Cc2cccc(Br)c2)n1. The molecule has 1 aromatic carbocycles. The maximum atomic E-state index is 5.95. The van der Waals surface area contributed by atoms with Crippen molar-refractivity contribution in [3.8, 4) is 0 Å². The zero-order chi connectivity index (χ0) is 15.2. The summed E-state index contributed by atoms with van der Waals surface area (Å²) in [6.07, 6.45) is 5.11. The molecule has 2 atom stereocenters. The van der Waals surface area contributed by atoms with Gasteiger partial charge in [-0.25, -0.2) is 0 Å². The van der Waals surface area contributed by atoms with Crippen LogP contribution < -0.4 is 5.73 Å². The van der Waals surface area contributed by atoms with E-state index < -0.39 is 0 Å². The molecule has 0 amide bonds. The third-order valence-electron chi connectivity index (χ3n) is 3.95. The van der Waals surface area contributed by atoms with Gasteiger partial charge in [-0.1, -0.05) is 35.0 Å². The zero-order valence-electron chi connectivity index (χ0n) is 12.8. The minimum atomic E-state index is 0.430. The maximum absolute atomic E-state index is 5.95. The third-order valence-corrected chi connectivity index (χ3v) is 4.44. The number of benzene rings is 1. The fourth-order valence-electron chi connectivity index (χ4n) is 2.45. The molecule has 1 heterocycles. The monoisotopic (exact) mass is 349 g/mol. The number of halogens is 1. The van der Waals surface area contributed by atoms with E-state index in [-0.39, 0.29) is 0 Å². The van der Waals surface area contributed by atoms with Crippen molar-refractivity contribution in [1.29, 1.82) is 0 Å². The van der Waals surface area contributed by atoms with Crippen molar-refractivity contribution in [3.63, 3.8) is 0 Å². The van der Waals surface area contributed by atoms with Gasteiger partial charge >= 0.3 is 0 Å². The molecule has 0 aliphatic rings. The lowest BCUT2D eigenvalue weighted by Gasteiger charge is -2.14. The number of aromatic nitrogens is 2. The number of hydrogen-bond acceptors (Lipinski definition) is 2. The third kappa shape index (κ3) is 4.68. The van der Waals surface area contributed by atoms with E-state index in [0.717, 1.165) is 29.4 Å². The van der Waals surface area contributed by atoms with E-state index in [0.29, 0.717) is 18.5 Å². The highest BCUT2D eigenvalue weighted by molar-refractivity contribution is 9.10. The van der Waals surface area contributed by atoms with Crippen molar-refractivity contribution in [3.05, 3.63) is 52.3 Å². The standard InChI is InChI=1S/C17H24BrN3/c1-3-13(2)21-8-7-17(20-21)11-15(12-19)9-14-5-4-6-16(18)10-14/h4-8,10,13,15H,3,9,11-12,19H2,1-2H3. The molecule has 0 fully saturated rings. The molecule has 0 spiro atoms. The topological polar surface area (TPSA) is 43.8 Å². The van der Waals surface area contributed by atoms with Crippen molar-refractivity contribution < 1.29 is 0 Å². The smallest absolute Gasteiger partial charge is 0.0628 e. The van der Waals surface area contributed by atoms with Crippen LogP contribution in [0.2, 0.25) is 0 Å². The van der Waals surface area contributed by atoms with Gasteiger partial charge in [-0.15, -0.1) is 0 Å². The molecule has 0 saturated carbocycles. The normalized spacial score (nSPS) is 14.1. The molecule has 3 nitrogen and oxygen atoms in total. The highest BCUT2D eigenvalue weighted by Crippen LogP contribution is 2.18. The summed E-state index contributed by atoms with van der Waals surface area (Å²) in [4.78, 5) is 0.